The number of nitrogens with zero attached hydrogens (tertiary/aromatic N) is 1. The Morgan fingerprint density at radius 3 is 3.00 bits per heavy atom. The molecule has 64 valence electrons. The van der Waals surface area contributed by atoms with Gasteiger partial charge in [-0.1, -0.05) is 25.5 Å². The van der Waals surface area contributed by atoms with Gasteiger partial charge < -0.3 is 4.90 Å². The van der Waals surface area contributed by atoms with E-state index in [4.69, 9.17) is 5.41 Å². The first-order chi connectivity index (χ1) is 5.88. The largest absolute Gasteiger partial charge is 0.309 e. The predicted octanol–water partition coefficient (Wildman–Crippen LogP) is 2.66. The van der Waals surface area contributed by atoms with E-state index in [1.165, 1.54) is 6.34 Å². The Morgan fingerprint density at radius 2 is 2.33 bits per heavy atom. The molecule has 0 saturated heterocycles. The minimum Gasteiger partial charge on any atom is -0.309 e. The molecule has 12 heavy (non-hydrogen) atoms. The minimum absolute atomic E-state index is 1.07. The van der Waals surface area contributed by atoms with Crippen LogP contribution in [0.1, 0.15) is 19.8 Å². The van der Waals surface area contributed by atoms with Crippen molar-refractivity contribution in [3.63, 3.8) is 0 Å². The van der Waals surface area contributed by atoms with Crippen LogP contribution in [0.3, 0.4) is 0 Å². The molecule has 1 N–H and O–H groups in total. The van der Waals surface area contributed by atoms with Crippen molar-refractivity contribution in [2.75, 3.05) is 0 Å². The van der Waals surface area contributed by atoms with Crippen molar-refractivity contribution in [3.05, 3.63) is 36.2 Å². The molecule has 0 spiro atoms. The first-order valence-corrected chi connectivity index (χ1v) is 4.22. The number of allylic oxidation sites excluding steroid dienone is 4. The normalized spacial score (nSPS) is 18.8. The fourth-order valence-electron chi connectivity index (χ4n) is 1.05. The lowest BCUT2D eigenvalue weighted by Gasteiger charge is -2.17. The van der Waals surface area contributed by atoms with Crippen LogP contribution in [-0.4, -0.2) is 11.2 Å². The molecule has 0 radical (unpaired) electrons. The average Bonchev–Trinajstić information content (AvgIpc) is 2.15. The van der Waals surface area contributed by atoms with E-state index < -0.39 is 0 Å². The lowest BCUT2D eigenvalue weighted by Crippen LogP contribution is -2.13. The topological polar surface area (TPSA) is 27.1 Å². The highest BCUT2D eigenvalue weighted by Gasteiger charge is 2.01. The molecule has 1 aliphatic heterocycles. The van der Waals surface area contributed by atoms with Gasteiger partial charge in [0.1, 0.15) is 0 Å². The van der Waals surface area contributed by atoms with Crippen LogP contribution >= 0.6 is 0 Å². The van der Waals surface area contributed by atoms with E-state index in [0.717, 1.165) is 18.5 Å². The second kappa shape index (κ2) is 4.54. The molecule has 0 fully saturated rings. The summed E-state index contributed by atoms with van der Waals surface area (Å²) in [7, 11) is 0. The van der Waals surface area contributed by atoms with E-state index in [9.17, 15) is 0 Å². The van der Waals surface area contributed by atoms with Crippen LogP contribution < -0.4 is 0 Å². The zero-order chi connectivity index (χ0) is 8.81. The first-order valence-electron chi connectivity index (χ1n) is 4.22. The third-order valence-electron chi connectivity index (χ3n) is 1.70. The summed E-state index contributed by atoms with van der Waals surface area (Å²) in [6, 6.07) is 0. The summed E-state index contributed by atoms with van der Waals surface area (Å²) in [5.41, 5.74) is 1.09. The summed E-state index contributed by atoms with van der Waals surface area (Å²) < 4.78 is 0. The summed E-state index contributed by atoms with van der Waals surface area (Å²) in [6.07, 6.45) is 13.5. The molecule has 1 heterocycles. The maximum absolute atomic E-state index is 7.14. The SMILES string of the molecule is CCC/C=C1\C=CC=CN1C=N. The second-order valence-corrected chi connectivity index (χ2v) is 2.65. The molecule has 1 rings (SSSR count). The molecule has 0 bridgehead atoms. The van der Waals surface area contributed by atoms with Gasteiger partial charge in [-0.25, -0.2) is 0 Å². The molecule has 0 aromatic carbocycles. The van der Waals surface area contributed by atoms with Crippen LogP contribution in [-0.2, 0) is 0 Å². The lowest BCUT2D eigenvalue weighted by molar-refractivity contribution is 0.713. The van der Waals surface area contributed by atoms with Crippen molar-refractivity contribution < 1.29 is 0 Å². The zero-order valence-electron chi connectivity index (χ0n) is 7.33. The predicted molar refractivity (Wildman–Crippen MR) is 51.9 cm³/mol. The molecule has 0 aromatic rings. The molecular formula is C10H14N2. The number of rotatable bonds is 3. The molecule has 0 saturated carbocycles. The third kappa shape index (κ3) is 2.09. The Hall–Kier alpha value is -1.31. The second-order valence-electron chi connectivity index (χ2n) is 2.65. The summed E-state index contributed by atoms with van der Waals surface area (Å²) in [5, 5.41) is 7.14. The van der Waals surface area contributed by atoms with Gasteiger partial charge in [0.25, 0.3) is 0 Å². The highest BCUT2D eigenvalue weighted by atomic mass is 15.1. The van der Waals surface area contributed by atoms with Gasteiger partial charge in [0.15, 0.2) is 0 Å². The molecule has 0 aliphatic carbocycles. The minimum atomic E-state index is 1.07. The Morgan fingerprint density at radius 1 is 1.50 bits per heavy atom. The van der Waals surface area contributed by atoms with Crippen molar-refractivity contribution in [3.8, 4) is 0 Å². The Balaban J connectivity index is 2.68. The average molecular weight is 162 g/mol. The number of hydrogen-bond donors (Lipinski definition) is 1. The fourth-order valence-corrected chi connectivity index (χ4v) is 1.05. The van der Waals surface area contributed by atoms with Gasteiger partial charge in [0.05, 0.1) is 6.34 Å². The summed E-state index contributed by atoms with van der Waals surface area (Å²) in [6.45, 7) is 2.15. The molecule has 2 nitrogen and oxygen atoms in total. The molecule has 0 atom stereocenters. The van der Waals surface area contributed by atoms with E-state index >= 15 is 0 Å². The highest BCUT2D eigenvalue weighted by Crippen LogP contribution is 2.11. The van der Waals surface area contributed by atoms with E-state index in [-0.39, 0.29) is 0 Å². The third-order valence-corrected chi connectivity index (χ3v) is 1.70. The molecule has 0 unspecified atom stereocenters. The number of hydrogen-bond acceptors (Lipinski definition) is 1. The van der Waals surface area contributed by atoms with Gasteiger partial charge in [-0.15, -0.1) is 0 Å². The Bertz CT molecular complexity index is 236. The highest BCUT2D eigenvalue weighted by molar-refractivity contribution is 5.59. The standard InChI is InChI=1S/C10H14N2/c1-2-3-6-10-7-4-5-8-12(10)9-11/h4-9,11H,2-3H2,1H3/b10-6+,11-9?. The number of nitrogens with one attached hydrogen (secondary N) is 1. The maximum Gasteiger partial charge on any atom is 0.0902 e. The van der Waals surface area contributed by atoms with Gasteiger partial charge in [-0.2, -0.15) is 0 Å². The van der Waals surface area contributed by atoms with E-state index in [1.807, 2.05) is 24.4 Å². The number of unbranched alkanes of at least 4 members (excludes halogenated alkanes) is 1. The van der Waals surface area contributed by atoms with Gasteiger partial charge in [0.2, 0.25) is 0 Å². The van der Waals surface area contributed by atoms with Gasteiger partial charge >= 0.3 is 0 Å². The van der Waals surface area contributed by atoms with Crippen LogP contribution in [0.25, 0.3) is 0 Å². The van der Waals surface area contributed by atoms with E-state index in [2.05, 4.69) is 13.0 Å². The van der Waals surface area contributed by atoms with Crippen LogP contribution in [0.15, 0.2) is 36.2 Å². The molecule has 1 aliphatic rings. The van der Waals surface area contributed by atoms with Crippen LogP contribution in [0.5, 0.6) is 0 Å². The first kappa shape index (κ1) is 8.78. The summed E-state index contributed by atoms with van der Waals surface area (Å²) >= 11 is 0. The van der Waals surface area contributed by atoms with E-state index in [1.54, 1.807) is 4.90 Å². The molecular weight excluding hydrogens is 148 g/mol. The molecule has 2 heteroatoms. The molecule has 0 amide bonds. The van der Waals surface area contributed by atoms with Crippen molar-refractivity contribution >= 4 is 6.34 Å². The Labute approximate surface area is 73.4 Å². The van der Waals surface area contributed by atoms with Crippen LogP contribution in [0.2, 0.25) is 0 Å². The molecule has 0 aromatic heterocycles. The van der Waals surface area contributed by atoms with E-state index in [0.29, 0.717) is 0 Å². The van der Waals surface area contributed by atoms with Crippen molar-refractivity contribution in [2.45, 2.75) is 19.8 Å². The maximum atomic E-state index is 7.14. The smallest absolute Gasteiger partial charge is 0.0902 e. The lowest BCUT2D eigenvalue weighted by atomic mass is 10.2. The zero-order valence-corrected chi connectivity index (χ0v) is 7.33. The monoisotopic (exact) mass is 162 g/mol. The van der Waals surface area contributed by atoms with Crippen LogP contribution in [0, 0.1) is 5.41 Å². The van der Waals surface area contributed by atoms with Gasteiger partial charge in [-0.3, -0.25) is 5.41 Å². The summed E-state index contributed by atoms with van der Waals surface area (Å²) in [4.78, 5) is 1.80. The quantitative estimate of drug-likeness (QED) is 0.501. The van der Waals surface area contributed by atoms with Crippen molar-refractivity contribution in [1.82, 2.24) is 4.90 Å². The van der Waals surface area contributed by atoms with Gasteiger partial charge in [0, 0.05) is 11.9 Å². The van der Waals surface area contributed by atoms with Crippen molar-refractivity contribution in [2.24, 2.45) is 0 Å². The van der Waals surface area contributed by atoms with Crippen LogP contribution in [0.4, 0.5) is 0 Å². The Kier molecular flexibility index (Phi) is 3.33. The van der Waals surface area contributed by atoms with Crippen molar-refractivity contribution in [1.29, 1.82) is 5.41 Å². The fraction of sp³-hybridized carbons (Fsp3) is 0.300. The summed E-state index contributed by atoms with van der Waals surface area (Å²) in [5.74, 6) is 0. The van der Waals surface area contributed by atoms with Gasteiger partial charge in [-0.05, 0) is 18.6 Å².